The summed E-state index contributed by atoms with van der Waals surface area (Å²) in [5.41, 5.74) is 2.69. The monoisotopic (exact) mass is 406 g/mol. The van der Waals surface area contributed by atoms with Crippen molar-refractivity contribution in [1.29, 1.82) is 0 Å². The molecule has 0 unspecified atom stereocenters. The van der Waals surface area contributed by atoms with Crippen molar-refractivity contribution in [2.24, 2.45) is 0 Å². The summed E-state index contributed by atoms with van der Waals surface area (Å²) in [6.45, 7) is 7.24. The van der Waals surface area contributed by atoms with Crippen LogP contribution in [0, 0.1) is 13.8 Å². The van der Waals surface area contributed by atoms with Crippen LogP contribution in [0.15, 0.2) is 42.5 Å². The first-order chi connectivity index (χ1) is 13.2. The van der Waals surface area contributed by atoms with Gasteiger partial charge in [-0.3, -0.25) is 0 Å². The summed E-state index contributed by atoms with van der Waals surface area (Å²) in [6.07, 6.45) is -4.34. The Morgan fingerprint density at radius 2 is 1.75 bits per heavy atom. The molecule has 0 aliphatic rings. The molecule has 7 heteroatoms. The average Bonchev–Trinajstić information content (AvgIpc) is 3.02. The predicted octanol–water partition coefficient (Wildman–Crippen LogP) is 6.18. The number of rotatable bonds is 5. The van der Waals surface area contributed by atoms with Gasteiger partial charge in [0.15, 0.2) is 0 Å². The fraction of sp³-hybridized carbons (Fsp3) is 0.286. The Morgan fingerprint density at radius 1 is 1.07 bits per heavy atom. The maximum atomic E-state index is 12.8. The number of aryl methyl sites for hydroxylation is 2. The van der Waals surface area contributed by atoms with Crippen LogP contribution in [0.2, 0.25) is 0 Å². The number of halogens is 3. The molecule has 1 aromatic heterocycles. The Balaban J connectivity index is 1.84. The molecule has 0 saturated heterocycles. The third-order valence-electron chi connectivity index (χ3n) is 4.61. The molecule has 3 aromatic rings. The summed E-state index contributed by atoms with van der Waals surface area (Å²) >= 11 is 1.49. The number of benzene rings is 2. The highest BCUT2D eigenvalue weighted by molar-refractivity contribution is 7.15. The predicted molar refractivity (Wildman–Crippen MR) is 107 cm³/mol. The molecule has 28 heavy (non-hydrogen) atoms. The summed E-state index contributed by atoms with van der Waals surface area (Å²) in [6, 6.07) is 10.6. The second-order valence-electron chi connectivity index (χ2n) is 6.59. The quantitative estimate of drug-likeness (QED) is 0.550. The van der Waals surface area contributed by atoms with Crippen LogP contribution in [-0.4, -0.2) is 16.6 Å². The minimum atomic E-state index is -4.34. The molecule has 0 atom stereocenters. The summed E-state index contributed by atoms with van der Waals surface area (Å²) < 4.78 is 38.3. The van der Waals surface area contributed by atoms with Crippen LogP contribution < -0.4 is 4.90 Å². The summed E-state index contributed by atoms with van der Waals surface area (Å²) in [5, 5.41) is 10.4. The van der Waals surface area contributed by atoms with Crippen molar-refractivity contribution >= 4 is 17.0 Å². The van der Waals surface area contributed by atoms with Gasteiger partial charge in [-0.2, -0.15) is 13.2 Å². The van der Waals surface area contributed by atoms with Gasteiger partial charge in [0, 0.05) is 22.7 Å². The van der Waals surface area contributed by atoms with Crippen LogP contribution >= 0.6 is 11.3 Å². The zero-order valence-electron chi connectivity index (χ0n) is 15.8. The van der Waals surface area contributed by atoms with Gasteiger partial charge in [0.05, 0.1) is 17.8 Å². The Hall–Kier alpha value is -2.54. The number of alkyl halides is 3. The number of phenolic OH excluding ortho intramolecular Hbond substituents is 1. The van der Waals surface area contributed by atoms with E-state index < -0.39 is 11.7 Å². The average molecular weight is 406 g/mol. The zero-order valence-corrected chi connectivity index (χ0v) is 16.7. The SMILES string of the molecule is CCN(Cc1sc(-c2ccc(C(F)(F)F)cc2)nc1C)c1ccc(O)c(C)c1. The first-order valence-corrected chi connectivity index (χ1v) is 9.69. The first kappa shape index (κ1) is 20.2. The molecule has 0 bridgehead atoms. The highest BCUT2D eigenvalue weighted by Crippen LogP contribution is 2.34. The van der Waals surface area contributed by atoms with E-state index in [0.29, 0.717) is 17.1 Å². The second kappa shape index (κ2) is 7.83. The van der Waals surface area contributed by atoms with Crippen LogP contribution in [0.3, 0.4) is 0 Å². The standard InChI is InChI=1S/C21H21F3N2OS/c1-4-26(17-9-10-18(27)13(2)11-17)12-19-14(3)25-20(28-19)15-5-7-16(8-6-15)21(22,23)24/h5-11,27H,4,12H2,1-3H3. The molecule has 0 aliphatic heterocycles. The number of phenols is 1. The minimum Gasteiger partial charge on any atom is -0.508 e. The summed E-state index contributed by atoms with van der Waals surface area (Å²) in [4.78, 5) is 7.78. The molecule has 0 spiro atoms. The molecule has 0 fully saturated rings. The van der Waals surface area contributed by atoms with Gasteiger partial charge in [-0.25, -0.2) is 4.98 Å². The Bertz CT molecular complexity index is 965. The van der Waals surface area contributed by atoms with Crippen molar-refractivity contribution in [2.45, 2.75) is 33.5 Å². The fourth-order valence-corrected chi connectivity index (χ4v) is 3.98. The van der Waals surface area contributed by atoms with Gasteiger partial charge in [-0.05, 0) is 56.7 Å². The molecule has 0 amide bonds. The molecule has 0 saturated carbocycles. The highest BCUT2D eigenvalue weighted by atomic mass is 32.1. The van der Waals surface area contributed by atoms with E-state index in [4.69, 9.17) is 0 Å². The number of thiazole rings is 1. The number of nitrogens with zero attached hydrogens (tertiary/aromatic N) is 2. The molecule has 0 radical (unpaired) electrons. The van der Waals surface area contributed by atoms with Gasteiger partial charge in [0.1, 0.15) is 10.8 Å². The Kier molecular flexibility index (Phi) is 5.65. The third kappa shape index (κ3) is 4.30. The topological polar surface area (TPSA) is 36.4 Å². The number of anilines is 1. The van der Waals surface area contributed by atoms with E-state index >= 15 is 0 Å². The lowest BCUT2D eigenvalue weighted by Gasteiger charge is -2.23. The molecule has 3 nitrogen and oxygen atoms in total. The van der Waals surface area contributed by atoms with Crippen molar-refractivity contribution in [1.82, 2.24) is 4.98 Å². The van der Waals surface area contributed by atoms with Crippen molar-refractivity contribution in [3.05, 3.63) is 64.2 Å². The smallest absolute Gasteiger partial charge is 0.416 e. The molecule has 148 valence electrons. The zero-order chi connectivity index (χ0) is 20.5. The van der Waals surface area contributed by atoms with Gasteiger partial charge >= 0.3 is 6.18 Å². The van der Waals surface area contributed by atoms with Gasteiger partial charge < -0.3 is 10.0 Å². The molecule has 2 aromatic carbocycles. The highest BCUT2D eigenvalue weighted by Gasteiger charge is 2.30. The van der Waals surface area contributed by atoms with Crippen LogP contribution in [0.1, 0.15) is 28.6 Å². The number of hydrogen-bond acceptors (Lipinski definition) is 4. The van der Waals surface area contributed by atoms with Crippen molar-refractivity contribution < 1.29 is 18.3 Å². The van der Waals surface area contributed by atoms with Crippen LogP contribution in [-0.2, 0) is 12.7 Å². The fourth-order valence-electron chi connectivity index (χ4n) is 2.90. The van der Waals surface area contributed by atoms with E-state index in [1.165, 1.54) is 23.5 Å². The van der Waals surface area contributed by atoms with Crippen molar-refractivity contribution in [3.63, 3.8) is 0 Å². The lowest BCUT2D eigenvalue weighted by molar-refractivity contribution is -0.137. The Labute approximate surface area is 166 Å². The van der Waals surface area contributed by atoms with Gasteiger partial charge in [0.2, 0.25) is 0 Å². The molecule has 1 heterocycles. The first-order valence-electron chi connectivity index (χ1n) is 8.87. The summed E-state index contributed by atoms with van der Waals surface area (Å²) in [5.74, 6) is 0.262. The van der Waals surface area contributed by atoms with E-state index in [1.54, 1.807) is 6.07 Å². The third-order valence-corrected chi connectivity index (χ3v) is 5.80. The van der Waals surface area contributed by atoms with Crippen LogP contribution in [0.5, 0.6) is 5.75 Å². The van der Waals surface area contributed by atoms with E-state index in [2.05, 4.69) is 16.8 Å². The lowest BCUT2D eigenvalue weighted by Crippen LogP contribution is -2.21. The van der Waals surface area contributed by atoms with Gasteiger partial charge in [0.25, 0.3) is 0 Å². The van der Waals surface area contributed by atoms with E-state index in [9.17, 15) is 18.3 Å². The van der Waals surface area contributed by atoms with Gasteiger partial charge in [-0.15, -0.1) is 11.3 Å². The number of aromatic hydroxyl groups is 1. The minimum absolute atomic E-state index is 0.262. The van der Waals surface area contributed by atoms with E-state index in [0.717, 1.165) is 40.5 Å². The van der Waals surface area contributed by atoms with Gasteiger partial charge in [-0.1, -0.05) is 12.1 Å². The maximum Gasteiger partial charge on any atom is 0.416 e. The molecular formula is C21H21F3N2OS. The second-order valence-corrected chi connectivity index (χ2v) is 7.67. The van der Waals surface area contributed by atoms with Crippen molar-refractivity contribution in [3.8, 4) is 16.3 Å². The Morgan fingerprint density at radius 3 is 2.32 bits per heavy atom. The molecule has 1 N–H and O–H groups in total. The van der Waals surface area contributed by atoms with E-state index in [-0.39, 0.29) is 5.75 Å². The van der Waals surface area contributed by atoms with Crippen LogP contribution in [0.4, 0.5) is 18.9 Å². The van der Waals surface area contributed by atoms with E-state index in [1.807, 2.05) is 26.0 Å². The largest absolute Gasteiger partial charge is 0.508 e. The lowest BCUT2D eigenvalue weighted by atomic mass is 10.1. The number of hydrogen-bond donors (Lipinski definition) is 1. The number of aromatic nitrogens is 1. The van der Waals surface area contributed by atoms with Crippen molar-refractivity contribution in [2.75, 3.05) is 11.4 Å². The maximum absolute atomic E-state index is 12.8. The summed E-state index contributed by atoms with van der Waals surface area (Å²) in [7, 11) is 0. The van der Waals surface area contributed by atoms with Crippen LogP contribution in [0.25, 0.3) is 10.6 Å². The molecular weight excluding hydrogens is 385 g/mol. The normalized spacial score (nSPS) is 11.6. The molecule has 3 rings (SSSR count). The molecule has 0 aliphatic carbocycles.